The SMILES string of the molecule is C=Cc1ccccc1CCN(CCC)CCC. The van der Waals surface area contributed by atoms with Crippen molar-refractivity contribution in [1.29, 1.82) is 0 Å². The van der Waals surface area contributed by atoms with Crippen LogP contribution in [0.4, 0.5) is 0 Å². The highest BCUT2D eigenvalue weighted by Crippen LogP contribution is 2.11. The van der Waals surface area contributed by atoms with Crippen LogP contribution in [0.1, 0.15) is 37.8 Å². The molecule has 0 N–H and O–H groups in total. The maximum Gasteiger partial charge on any atom is 0.00220 e. The highest BCUT2D eigenvalue weighted by Gasteiger charge is 2.04. The van der Waals surface area contributed by atoms with Crippen molar-refractivity contribution < 1.29 is 0 Å². The maximum absolute atomic E-state index is 3.88. The molecule has 1 aromatic rings. The Hall–Kier alpha value is -1.08. The summed E-state index contributed by atoms with van der Waals surface area (Å²) >= 11 is 0. The smallest absolute Gasteiger partial charge is 0.00220 e. The van der Waals surface area contributed by atoms with Crippen molar-refractivity contribution in [1.82, 2.24) is 4.90 Å². The molecule has 1 aromatic carbocycles. The summed E-state index contributed by atoms with van der Waals surface area (Å²) in [6.07, 6.45) is 5.56. The monoisotopic (exact) mass is 231 g/mol. The Bertz CT molecular complexity index is 324. The van der Waals surface area contributed by atoms with Crippen LogP contribution in [0.5, 0.6) is 0 Å². The maximum atomic E-state index is 3.88. The van der Waals surface area contributed by atoms with Crippen molar-refractivity contribution in [3.05, 3.63) is 42.0 Å². The molecule has 0 spiro atoms. The molecule has 0 aliphatic heterocycles. The molecule has 0 atom stereocenters. The summed E-state index contributed by atoms with van der Waals surface area (Å²) in [6.45, 7) is 12.0. The van der Waals surface area contributed by atoms with Crippen LogP contribution in [0.25, 0.3) is 6.08 Å². The summed E-state index contributed by atoms with van der Waals surface area (Å²) in [5.74, 6) is 0. The quantitative estimate of drug-likeness (QED) is 0.654. The number of hydrogen-bond acceptors (Lipinski definition) is 1. The molecule has 0 amide bonds. The lowest BCUT2D eigenvalue weighted by atomic mass is 10.0. The molecule has 1 rings (SSSR count). The van der Waals surface area contributed by atoms with E-state index in [2.05, 4.69) is 49.6 Å². The summed E-state index contributed by atoms with van der Waals surface area (Å²) in [4.78, 5) is 2.56. The van der Waals surface area contributed by atoms with Crippen molar-refractivity contribution in [2.75, 3.05) is 19.6 Å². The third-order valence-corrected chi connectivity index (χ3v) is 3.05. The first-order chi connectivity index (χ1) is 8.31. The van der Waals surface area contributed by atoms with Crippen LogP contribution in [-0.2, 0) is 6.42 Å². The van der Waals surface area contributed by atoms with E-state index in [1.54, 1.807) is 0 Å². The highest BCUT2D eigenvalue weighted by molar-refractivity contribution is 5.51. The van der Waals surface area contributed by atoms with Crippen LogP contribution >= 0.6 is 0 Å². The number of rotatable bonds is 8. The van der Waals surface area contributed by atoms with E-state index in [1.807, 2.05) is 6.08 Å². The van der Waals surface area contributed by atoms with Crippen molar-refractivity contribution in [3.63, 3.8) is 0 Å². The predicted molar refractivity (Wildman–Crippen MR) is 77.3 cm³/mol. The van der Waals surface area contributed by atoms with Gasteiger partial charge in [-0.3, -0.25) is 0 Å². The van der Waals surface area contributed by atoms with Crippen LogP contribution in [0.2, 0.25) is 0 Å². The molecule has 17 heavy (non-hydrogen) atoms. The van der Waals surface area contributed by atoms with Gasteiger partial charge in [0, 0.05) is 6.54 Å². The first-order valence-electron chi connectivity index (χ1n) is 6.74. The zero-order valence-electron chi connectivity index (χ0n) is 11.3. The average molecular weight is 231 g/mol. The van der Waals surface area contributed by atoms with E-state index in [-0.39, 0.29) is 0 Å². The average Bonchev–Trinajstić information content (AvgIpc) is 2.37. The summed E-state index contributed by atoms with van der Waals surface area (Å²) in [6, 6.07) is 8.56. The zero-order chi connectivity index (χ0) is 12.5. The van der Waals surface area contributed by atoms with Gasteiger partial charge in [0.2, 0.25) is 0 Å². The lowest BCUT2D eigenvalue weighted by Gasteiger charge is -2.21. The standard InChI is InChI=1S/C16H25N/c1-4-12-17(13-5-2)14-11-16-10-8-7-9-15(16)6-3/h6-10H,3-5,11-14H2,1-2H3. The van der Waals surface area contributed by atoms with Crippen LogP contribution in [0, 0.1) is 0 Å². The predicted octanol–water partition coefficient (Wildman–Crippen LogP) is 3.99. The minimum atomic E-state index is 1.13. The third-order valence-electron chi connectivity index (χ3n) is 3.05. The molecule has 0 radical (unpaired) electrons. The molecule has 1 nitrogen and oxygen atoms in total. The Morgan fingerprint density at radius 2 is 1.71 bits per heavy atom. The molecule has 0 aliphatic rings. The minimum absolute atomic E-state index is 1.13. The van der Waals surface area contributed by atoms with Crippen LogP contribution in [0.3, 0.4) is 0 Å². The van der Waals surface area contributed by atoms with Gasteiger partial charge in [0.05, 0.1) is 0 Å². The van der Waals surface area contributed by atoms with E-state index >= 15 is 0 Å². The first-order valence-corrected chi connectivity index (χ1v) is 6.74. The second-order valence-corrected chi connectivity index (χ2v) is 4.49. The van der Waals surface area contributed by atoms with Gasteiger partial charge in [0.1, 0.15) is 0 Å². The highest BCUT2D eigenvalue weighted by atomic mass is 15.1. The Balaban J connectivity index is 2.55. The largest absolute Gasteiger partial charge is 0.303 e. The van der Waals surface area contributed by atoms with Gasteiger partial charge in [-0.2, -0.15) is 0 Å². The molecule has 0 fully saturated rings. The molecule has 1 heteroatoms. The second kappa shape index (κ2) is 8.08. The molecule has 0 aromatic heterocycles. The molecule has 94 valence electrons. The van der Waals surface area contributed by atoms with E-state index in [9.17, 15) is 0 Å². The van der Waals surface area contributed by atoms with Gasteiger partial charge < -0.3 is 4.90 Å². The lowest BCUT2D eigenvalue weighted by Crippen LogP contribution is -2.27. The molecule has 0 saturated carbocycles. The molecular formula is C16H25N. The molecule has 0 bridgehead atoms. The molecule has 0 heterocycles. The Labute approximate surface area is 106 Å². The van der Waals surface area contributed by atoms with Crippen molar-refractivity contribution >= 4 is 6.08 Å². The third kappa shape index (κ3) is 4.74. The molecule has 0 unspecified atom stereocenters. The second-order valence-electron chi connectivity index (χ2n) is 4.49. The minimum Gasteiger partial charge on any atom is -0.303 e. The topological polar surface area (TPSA) is 3.24 Å². The summed E-state index contributed by atoms with van der Waals surface area (Å²) in [7, 11) is 0. The van der Waals surface area contributed by atoms with Crippen molar-refractivity contribution in [2.24, 2.45) is 0 Å². The fourth-order valence-electron chi connectivity index (χ4n) is 2.21. The molecular weight excluding hydrogens is 206 g/mol. The fourth-order valence-corrected chi connectivity index (χ4v) is 2.21. The Kier molecular flexibility index (Phi) is 6.64. The lowest BCUT2D eigenvalue weighted by molar-refractivity contribution is 0.278. The first kappa shape index (κ1) is 14.0. The Morgan fingerprint density at radius 3 is 2.29 bits per heavy atom. The normalized spacial score (nSPS) is 10.8. The van der Waals surface area contributed by atoms with Gasteiger partial charge >= 0.3 is 0 Å². The number of benzene rings is 1. The van der Waals surface area contributed by atoms with Crippen LogP contribution in [-0.4, -0.2) is 24.5 Å². The fraction of sp³-hybridized carbons (Fsp3) is 0.500. The summed E-state index contributed by atoms with van der Waals surface area (Å²) < 4.78 is 0. The zero-order valence-corrected chi connectivity index (χ0v) is 11.3. The van der Waals surface area contributed by atoms with Gasteiger partial charge in [0.15, 0.2) is 0 Å². The van der Waals surface area contributed by atoms with Crippen molar-refractivity contribution in [3.8, 4) is 0 Å². The number of hydrogen-bond donors (Lipinski definition) is 0. The number of nitrogens with zero attached hydrogens (tertiary/aromatic N) is 1. The van der Waals surface area contributed by atoms with Crippen LogP contribution in [0.15, 0.2) is 30.8 Å². The van der Waals surface area contributed by atoms with Gasteiger partial charge in [0.25, 0.3) is 0 Å². The van der Waals surface area contributed by atoms with E-state index in [1.165, 1.54) is 37.1 Å². The van der Waals surface area contributed by atoms with Gasteiger partial charge in [-0.25, -0.2) is 0 Å². The van der Waals surface area contributed by atoms with Crippen LogP contribution < -0.4 is 0 Å². The van der Waals surface area contributed by atoms with Gasteiger partial charge in [-0.1, -0.05) is 50.8 Å². The molecule has 0 saturated heterocycles. The van der Waals surface area contributed by atoms with E-state index in [0.29, 0.717) is 0 Å². The van der Waals surface area contributed by atoms with E-state index in [0.717, 1.165) is 13.0 Å². The van der Waals surface area contributed by atoms with E-state index < -0.39 is 0 Å². The Morgan fingerprint density at radius 1 is 1.06 bits per heavy atom. The summed E-state index contributed by atoms with van der Waals surface area (Å²) in [5.41, 5.74) is 2.69. The molecule has 0 aliphatic carbocycles. The van der Waals surface area contributed by atoms with Gasteiger partial charge in [-0.15, -0.1) is 0 Å². The summed E-state index contributed by atoms with van der Waals surface area (Å²) in [5, 5.41) is 0. The van der Waals surface area contributed by atoms with Gasteiger partial charge in [-0.05, 0) is 43.5 Å². The van der Waals surface area contributed by atoms with Crippen molar-refractivity contribution in [2.45, 2.75) is 33.1 Å². The van der Waals surface area contributed by atoms with E-state index in [4.69, 9.17) is 0 Å².